The van der Waals surface area contributed by atoms with Gasteiger partial charge in [0, 0.05) is 19.1 Å². The summed E-state index contributed by atoms with van der Waals surface area (Å²) >= 11 is 0. The van der Waals surface area contributed by atoms with Crippen LogP contribution in [-0.4, -0.2) is 45.3 Å². The van der Waals surface area contributed by atoms with Crippen molar-refractivity contribution in [2.24, 2.45) is 11.1 Å². The van der Waals surface area contributed by atoms with Gasteiger partial charge in [-0.1, -0.05) is 13.8 Å². The van der Waals surface area contributed by atoms with E-state index < -0.39 is 4.92 Å². The quantitative estimate of drug-likeness (QED) is 0.668. The highest BCUT2D eigenvalue weighted by atomic mass is 35.5. The second kappa shape index (κ2) is 6.51. The van der Waals surface area contributed by atoms with Crippen LogP contribution < -0.4 is 5.73 Å². The molecule has 0 aromatic carbocycles. The van der Waals surface area contributed by atoms with Crippen LogP contribution in [0.3, 0.4) is 0 Å². The third kappa shape index (κ3) is 3.91. The Labute approximate surface area is 124 Å². The molecule has 1 aliphatic rings. The standard InChI is InChI=1S/C12H21N5O2.ClH/c1-12(2)9-15(5-3-10(12)13)7-8-16-6-4-11(14-16)17(18)19;/h4,6,10H,3,5,7-9,13H2,1-2H3;1H. The van der Waals surface area contributed by atoms with Gasteiger partial charge in [0.15, 0.2) is 0 Å². The molecule has 0 saturated carbocycles. The summed E-state index contributed by atoms with van der Waals surface area (Å²) in [5.74, 6) is -0.0963. The van der Waals surface area contributed by atoms with E-state index in [2.05, 4.69) is 23.8 Å². The van der Waals surface area contributed by atoms with E-state index in [-0.39, 0.29) is 29.7 Å². The summed E-state index contributed by atoms with van der Waals surface area (Å²) in [7, 11) is 0. The molecule has 1 aliphatic heterocycles. The van der Waals surface area contributed by atoms with Gasteiger partial charge in [-0.15, -0.1) is 12.4 Å². The van der Waals surface area contributed by atoms with Gasteiger partial charge in [-0.05, 0) is 23.3 Å². The van der Waals surface area contributed by atoms with E-state index >= 15 is 0 Å². The monoisotopic (exact) mass is 303 g/mol. The summed E-state index contributed by atoms with van der Waals surface area (Å²) in [6, 6.07) is 1.67. The van der Waals surface area contributed by atoms with Gasteiger partial charge in [-0.25, -0.2) is 0 Å². The minimum atomic E-state index is -0.473. The van der Waals surface area contributed by atoms with E-state index in [9.17, 15) is 10.1 Å². The zero-order valence-electron chi connectivity index (χ0n) is 11.9. The highest BCUT2D eigenvalue weighted by Crippen LogP contribution is 2.27. The van der Waals surface area contributed by atoms with Crippen molar-refractivity contribution >= 4 is 18.2 Å². The average Bonchev–Trinajstić information content (AvgIpc) is 2.79. The maximum Gasteiger partial charge on any atom is 0.389 e. The van der Waals surface area contributed by atoms with E-state index in [4.69, 9.17) is 5.73 Å². The van der Waals surface area contributed by atoms with E-state index in [1.165, 1.54) is 6.07 Å². The topological polar surface area (TPSA) is 90.2 Å². The van der Waals surface area contributed by atoms with Crippen molar-refractivity contribution in [1.82, 2.24) is 14.7 Å². The van der Waals surface area contributed by atoms with Crippen LogP contribution in [0.25, 0.3) is 0 Å². The second-order valence-electron chi connectivity index (χ2n) is 5.85. The van der Waals surface area contributed by atoms with Crippen molar-refractivity contribution in [3.63, 3.8) is 0 Å². The number of halogens is 1. The Hall–Kier alpha value is -1.18. The number of likely N-dealkylation sites (tertiary alicyclic amines) is 1. The van der Waals surface area contributed by atoms with Gasteiger partial charge >= 0.3 is 5.82 Å². The number of nitro groups is 1. The first-order valence-corrected chi connectivity index (χ1v) is 6.54. The fraction of sp³-hybridized carbons (Fsp3) is 0.750. The van der Waals surface area contributed by atoms with Crippen LogP contribution in [0.5, 0.6) is 0 Å². The number of hydrogen-bond acceptors (Lipinski definition) is 5. The molecule has 0 spiro atoms. The van der Waals surface area contributed by atoms with Gasteiger partial charge in [-0.2, -0.15) is 4.68 Å². The van der Waals surface area contributed by atoms with Crippen LogP contribution in [0, 0.1) is 15.5 Å². The minimum absolute atomic E-state index is 0. The van der Waals surface area contributed by atoms with Crippen molar-refractivity contribution in [3.05, 3.63) is 22.4 Å². The number of rotatable bonds is 4. The van der Waals surface area contributed by atoms with Crippen molar-refractivity contribution < 1.29 is 4.92 Å². The third-order valence-corrected chi connectivity index (χ3v) is 3.85. The van der Waals surface area contributed by atoms with Crippen molar-refractivity contribution in [2.45, 2.75) is 32.9 Å². The fourth-order valence-electron chi connectivity index (χ4n) is 2.49. The summed E-state index contributed by atoms with van der Waals surface area (Å²) in [5, 5.41) is 14.5. The van der Waals surface area contributed by atoms with Crippen LogP contribution in [0.4, 0.5) is 5.82 Å². The largest absolute Gasteiger partial charge is 0.389 e. The smallest absolute Gasteiger partial charge is 0.358 e. The molecule has 0 aliphatic carbocycles. The van der Waals surface area contributed by atoms with E-state index in [1.54, 1.807) is 10.9 Å². The number of hydrogen-bond donors (Lipinski definition) is 1. The number of nitrogens with two attached hydrogens (primary N) is 1. The Morgan fingerprint density at radius 3 is 2.80 bits per heavy atom. The fourth-order valence-corrected chi connectivity index (χ4v) is 2.49. The predicted octanol–water partition coefficient (Wildman–Crippen LogP) is 1.27. The van der Waals surface area contributed by atoms with Gasteiger partial charge in [0.1, 0.15) is 0 Å². The lowest BCUT2D eigenvalue weighted by atomic mass is 9.80. The van der Waals surface area contributed by atoms with Crippen LogP contribution in [0.15, 0.2) is 12.3 Å². The molecule has 20 heavy (non-hydrogen) atoms. The summed E-state index contributed by atoms with van der Waals surface area (Å²) in [6.45, 7) is 7.81. The van der Waals surface area contributed by atoms with Crippen molar-refractivity contribution in [2.75, 3.05) is 19.6 Å². The number of piperidine rings is 1. The molecule has 8 heteroatoms. The Bertz CT molecular complexity index is 462. The van der Waals surface area contributed by atoms with Crippen molar-refractivity contribution in [1.29, 1.82) is 0 Å². The van der Waals surface area contributed by atoms with Gasteiger partial charge in [0.2, 0.25) is 0 Å². The third-order valence-electron chi connectivity index (χ3n) is 3.85. The highest BCUT2D eigenvalue weighted by Gasteiger charge is 2.33. The van der Waals surface area contributed by atoms with Crippen LogP contribution in [0.2, 0.25) is 0 Å². The van der Waals surface area contributed by atoms with Gasteiger partial charge in [-0.3, -0.25) is 0 Å². The van der Waals surface area contributed by atoms with Gasteiger partial charge < -0.3 is 20.7 Å². The Balaban J connectivity index is 0.00000200. The maximum absolute atomic E-state index is 10.5. The maximum atomic E-state index is 10.5. The summed E-state index contributed by atoms with van der Waals surface area (Å²) in [6.07, 6.45) is 2.64. The Kier molecular flexibility index (Phi) is 5.50. The molecule has 1 aromatic rings. The minimum Gasteiger partial charge on any atom is -0.358 e. The van der Waals surface area contributed by atoms with Gasteiger partial charge in [0.25, 0.3) is 0 Å². The predicted molar refractivity (Wildman–Crippen MR) is 78.9 cm³/mol. The molecular formula is C12H22ClN5O2. The van der Waals surface area contributed by atoms with E-state index in [0.29, 0.717) is 6.54 Å². The second-order valence-corrected chi connectivity index (χ2v) is 5.85. The van der Waals surface area contributed by atoms with E-state index in [1.807, 2.05) is 0 Å². The molecule has 0 amide bonds. The molecule has 114 valence electrons. The number of nitrogens with zero attached hydrogens (tertiary/aromatic N) is 4. The van der Waals surface area contributed by atoms with Gasteiger partial charge in [0.05, 0.1) is 23.9 Å². The molecule has 2 rings (SSSR count). The van der Waals surface area contributed by atoms with Crippen LogP contribution in [0.1, 0.15) is 20.3 Å². The summed E-state index contributed by atoms with van der Waals surface area (Å²) < 4.78 is 1.62. The SMILES string of the molecule is CC1(C)CN(CCn2ccc([N+](=O)[O-])n2)CCC1N.Cl. The lowest BCUT2D eigenvalue weighted by Gasteiger charge is -2.42. The Morgan fingerprint density at radius 2 is 2.25 bits per heavy atom. The molecule has 0 bridgehead atoms. The normalized spacial score (nSPS) is 22.2. The molecule has 7 nitrogen and oxygen atoms in total. The number of aromatic nitrogens is 2. The molecule has 0 radical (unpaired) electrons. The molecular weight excluding hydrogens is 282 g/mol. The molecule has 2 N–H and O–H groups in total. The first kappa shape index (κ1) is 16.9. The molecule has 1 atom stereocenters. The molecule has 2 heterocycles. The first-order valence-electron chi connectivity index (χ1n) is 6.54. The van der Waals surface area contributed by atoms with Crippen LogP contribution in [-0.2, 0) is 6.54 Å². The zero-order chi connectivity index (χ0) is 14.0. The first-order chi connectivity index (χ1) is 8.88. The lowest BCUT2D eigenvalue weighted by Crippen LogP contribution is -2.52. The zero-order valence-corrected chi connectivity index (χ0v) is 12.7. The highest BCUT2D eigenvalue weighted by molar-refractivity contribution is 5.85. The molecule has 1 saturated heterocycles. The summed E-state index contributed by atoms with van der Waals surface area (Å²) in [5.41, 5.74) is 6.22. The molecule has 1 fully saturated rings. The average molecular weight is 304 g/mol. The molecule has 1 unspecified atom stereocenters. The van der Waals surface area contributed by atoms with Crippen LogP contribution >= 0.6 is 12.4 Å². The lowest BCUT2D eigenvalue weighted by molar-refractivity contribution is -0.389. The summed E-state index contributed by atoms with van der Waals surface area (Å²) in [4.78, 5) is 12.4. The molecule has 1 aromatic heterocycles. The Morgan fingerprint density at radius 1 is 1.55 bits per heavy atom. The van der Waals surface area contributed by atoms with Crippen molar-refractivity contribution in [3.8, 4) is 0 Å². The van der Waals surface area contributed by atoms with E-state index in [0.717, 1.165) is 26.1 Å².